The molecule has 0 aromatic heterocycles. The van der Waals surface area contributed by atoms with E-state index in [0.29, 0.717) is 0 Å². The fourth-order valence-electron chi connectivity index (χ4n) is 2.41. The minimum absolute atomic E-state index is 0.00852. The summed E-state index contributed by atoms with van der Waals surface area (Å²) in [6, 6.07) is 5.03. The number of hydrogen-bond donors (Lipinski definition) is 1. The predicted octanol–water partition coefficient (Wildman–Crippen LogP) is 2.95. The first-order valence-corrected chi connectivity index (χ1v) is 6.47. The predicted molar refractivity (Wildman–Crippen MR) is 72.8 cm³/mol. The Kier molecular flexibility index (Phi) is 4.02. The van der Waals surface area contributed by atoms with E-state index in [9.17, 15) is 10.1 Å². The number of anilines is 2. The van der Waals surface area contributed by atoms with Gasteiger partial charge in [-0.1, -0.05) is 19.3 Å². The van der Waals surface area contributed by atoms with Crippen molar-refractivity contribution in [3.63, 3.8) is 0 Å². The molecule has 0 bridgehead atoms. The maximum absolute atomic E-state index is 10.7. The Morgan fingerprint density at radius 3 is 2.28 bits per heavy atom. The van der Waals surface area contributed by atoms with Gasteiger partial charge in [0.2, 0.25) is 0 Å². The summed E-state index contributed by atoms with van der Waals surface area (Å²) in [5.74, 6) is 0. The molecule has 1 aliphatic rings. The number of nitrogen functional groups attached to an aromatic ring is 1. The van der Waals surface area contributed by atoms with E-state index in [2.05, 4.69) is 4.90 Å². The number of nitro groups is 1. The molecule has 0 radical (unpaired) electrons. The second-order valence-electron chi connectivity index (χ2n) is 4.76. The largest absolute Gasteiger partial charge is 0.393 e. The van der Waals surface area contributed by atoms with E-state index in [1.807, 2.05) is 0 Å². The van der Waals surface area contributed by atoms with Crippen molar-refractivity contribution in [1.82, 2.24) is 0 Å². The topological polar surface area (TPSA) is 72.4 Å². The van der Waals surface area contributed by atoms with Crippen LogP contribution < -0.4 is 10.6 Å². The van der Waals surface area contributed by atoms with Gasteiger partial charge in [-0.05, 0) is 25.0 Å². The molecule has 2 N–H and O–H groups in total. The third-order valence-electron chi connectivity index (χ3n) is 3.43. The Morgan fingerprint density at radius 1 is 1.11 bits per heavy atom. The minimum atomic E-state index is -0.438. The first-order chi connectivity index (χ1) is 8.68. The van der Waals surface area contributed by atoms with E-state index >= 15 is 0 Å². The third-order valence-corrected chi connectivity index (χ3v) is 3.43. The molecule has 0 amide bonds. The maximum Gasteiger partial charge on any atom is 0.292 e. The molecule has 1 aromatic rings. The third kappa shape index (κ3) is 2.91. The van der Waals surface area contributed by atoms with Crippen molar-refractivity contribution in [2.45, 2.75) is 32.1 Å². The van der Waals surface area contributed by atoms with Crippen LogP contribution in [-0.2, 0) is 0 Å². The standard InChI is InChI=1S/C13H19N3O2/c14-12-10-11(6-7-13(12)16(17)18)15-8-4-2-1-3-5-9-15/h6-7,10H,1-5,8-9,14H2. The minimum Gasteiger partial charge on any atom is -0.393 e. The van der Waals surface area contributed by atoms with E-state index in [0.717, 1.165) is 18.8 Å². The van der Waals surface area contributed by atoms with Crippen LogP contribution in [0.3, 0.4) is 0 Å². The first-order valence-electron chi connectivity index (χ1n) is 6.47. The van der Waals surface area contributed by atoms with Crippen molar-refractivity contribution in [3.05, 3.63) is 28.3 Å². The smallest absolute Gasteiger partial charge is 0.292 e. The van der Waals surface area contributed by atoms with Gasteiger partial charge in [-0.2, -0.15) is 0 Å². The molecule has 5 heteroatoms. The lowest BCUT2D eigenvalue weighted by Gasteiger charge is -2.27. The lowest BCUT2D eigenvalue weighted by Crippen LogP contribution is -2.27. The Balaban J connectivity index is 2.16. The highest BCUT2D eigenvalue weighted by molar-refractivity contribution is 5.66. The van der Waals surface area contributed by atoms with Gasteiger partial charge in [0, 0.05) is 24.8 Å². The Bertz CT molecular complexity index is 426. The summed E-state index contributed by atoms with van der Waals surface area (Å²) in [6.45, 7) is 2.02. The lowest BCUT2D eigenvalue weighted by atomic mass is 10.1. The van der Waals surface area contributed by atoms with Gasteiger partial charge < -0.3 is 10.6 Å². The van der Waals surface area contributed by atoms with E-state index in [1.54, 1.807) is 12.1 Å². The zero-order valence-corrected chi connectivity index (χ0v) is 10.5. The molecule has 1 heterocycles. The molecule has 1 aliphatic heterocycles. The molecule has 0 unspecified atom stereocenters. The van der Waals surface area contributed by atoms with Crippen LogP contribution in [0.2, 0.25) is 0 Å². The van der Waals surface area contributed by atoms with Gasteiger partial charge in [-0.15, -0.1) is 0 Å². The van der Waals surface area contributed by atoms with Crippen molar-refractivity contribution < 1.29 is 4.92 Å². The normalized spacial score (nSPS) is 17.0. The first kappa shape index (κ1) is 12.7. The van der Waals surface area contributed by atoms with Gasteiger partial charge in [0.1, 0.15) is 5.69 Å². The van der Waals surface area contributed by atoms with Gasteiger partial charge in [-0.3, -0.25) is 10.1 Å². The SMILES string of the molecule is Nc1cc(N2CCCCCCC2)ccc1[N+](=O)[O-]. The van der Waals surface area contributed by atoms with Crippen LogP contribution >= 0.6 is 0 Å². The van der Waals surface area contributed by atoms with Crippen LogP contribution in [0.4, 0.5) is 17.1 Å². The number of hydrogen-bond acceptors (Lipinski definition) is 4. The van der Waals surface area contributed by atoms with Crippen LogP contribution in [0.25, 0.3) is 0 Å². The van der Waals surface area contributed by atoms with Crippen LogP contribution in [0.15, 0.2) is 18.2 Å². The zero-order valence-electron chi connectivity index (χ0n) is 10.5. The molecule has 18 heavy (non-hydrogen) atoms. The quantitative estimate of drug-likeness (QED) is 0.497. The van der Waals surface area contributed by atoms with Gasteiger partial charge in [0.25, 0.3) is 5.69 Å². The molecule has 2 rings (SSSR count). The molecule has 0 spiro atoms. The average molecular weight is 249 g/mol. The number of benzene rings is 1. The molecule has 98 valence electrons. The number of rotatable bonds is 2. The van der Waals surface area contributed by atoms with Crippen LogP contribution in [0.5, 0.6) is 0 Å². The molecule has 5 nitrogen and oxygen atoms in total. The molecule has 1 fully saturated rings. The van der Waals surface area contributed by atoms with Gasteiger partial charge in [-0.25, -0.2) is 0 Å². The van der Waals surface area contributed by atoms with Crippen LogP contribution in [0.1, 0.15) is 32.1 Å². The van der Waals surface area contributed by atoms with Crippen molar-refractivity contribution in [2.75, 3.05) is 23.7 Å². The lowest BCUT2D eigenvalue weighted by molar-refractivity contribution is -0.383. The molecular formula is C13H19N3O2. The Labute approximate surface area is 107 Å². The van der Waals surface area contributed by atoms with Crippen molar-refractivity contribution in [1.29, 1.82) is 0 Å². The van der Waals surface area contributed by atoms with Crippen LogP contribution in [0, 0.1) is 10.1 Å². The van der Waals surface area contributed by atoms with Crippen molar-refractivity contribution >= 4 is 17.1 Å². The number of nitro benzene ring substituents is 1. The molecule has 1 aromatic carbocycles. The number of nitrogens with zero attached hydrogens (tertiary/aromatic N) is 2. The molecule has 0 saturated carbocycles. The summed E-state index contributed by atoms with van der Waals surface area (Å²) >= 11 is 0. The molecular weight excluding hydrogens is 230 g/mol. The second kappa shape index (κ2) is 5.71. The van der Waals surface area contributed by atoms with Gasteiger partial charge in [0.15, 0.2) is 0 Å². The van der Waals surface area contributed by atoms with E-state index in [1.165, 1.54) is 38.2 Å². The summed E-state index contributed by atoms with van der Waals surface area (Å²) in [7, 11) is 0. The van der Waals surface area contributed by atoms with Crippen molar-refractivity contribution in [3.8, 4) is 0 Å². The van der Waals surface area contributed by atoms with Gasteiger partial charge in [0.05, 0.1) is 4.92 Å². The second-order valence-corrected chi connectivity index (χ2v) is 4.76. The zero-order chi connectivity index (χ0) is 13.0. The summed E-state index contributed by atoms with van der Waals surface area (Å²) in [4.78, 5) is 12.6. The Morgan fingerprint density at radius 2 is 1.72 bits per heavy atom. The highest BCUT2D eigenvalue weighted by Crippen LogP contribution is 2.28. The summed E-state index contributed by atoms with van der Waals surface area (Å²) in [5, 5.41) is 10.7. The van der Waals surface area contributed by atoms with E-state index in [4.69, 9.17) is 5.73 Å². The van der Waals surface area contributed by atoms with E-state index in [-0.39, 0.29) is 11.4 Å². The molecule has 1 saturated heterocycles. The summed E-state index contributed by atoms with van der Waals surface area (Å²) in [6.07, 6.45) is 6.20. The maximum atomic E-state index is 10.7. The van der Waals surface area contributed by atoms with Crippen molar-refractivity contribution in [2.24, 2.45) is 0 Å². The molecule has 0 atom stereocenters. The van der Waals surface area contributed by atoms with Gasteiger partial charge >= 0.3 is 0 Å². The van der Waals surface area contributed by atoms with E-state index < -0.39 is 4.92 Å². The average Bonchev–Trinajstić information content (AvgIpc) is 2.27. The fourth-order valence-corrected chi connectivity index (χ4v) is 2.41. The number of nitrogens with two attached hydrogens (primary N) is 1. The summed E-state index contributed by atoms with van der Waals surface area (Å²) < 4.78 is 0. The monoisotopic (exact) mass is 249 g/mol. The summed E-state index contributed by atoms with van der Waals surface area (Å²) in [5.41, 5.74) is 6.97. The Hall–Kier alpha value is -1.78. The fraction of sp³-hybridized carbons (Fsp3) is 0.538. The highest BCUT2D eigenvalue weighted by atomic mass is 16.6. The van der Waals surface area contributed by atoms with Crippen LogP contribution in [-0.4, -0.2) is 18.0 Å². The molecule has 0 aliphatic carbocycles. The highest BCUT2D eigenvalue weighted by Gasteiger charge is 2.14.